The van der Waals surface area contributed by atoms with Crippen LogP contribution in [0.3, 0.4) is 0 Å². The van der Waals surface area contributed by atoms with E-state index in [-0.39, 0.29) is 0 Å². The molecule has 1 aliphatic rings. The van der Waals surface area contributed by atoms with E-state index in [1.165, 1.54) is 29.8 Å². The second kappa shape index (κ2) is 3.05. The van der Waals surface area contributed by atoms with Gasteiger partial charge in [0, 0.05) is 4.88 Å². The van der Waals surface area contributed by atoms with Crippen molar-refractivity contribution < 1.29 is 0 Å². The summed E-state index contributed by atoms with van der Waals surface area (Å²) in [6.45, 7) is 2.25. The normalized spacial score (nSPS) is 22.2. The predicted octanol–water partition coefficient (Wildman–Crippen LogP) is 2.56. The summed E-state index contributed by atoms with van der Waals surface area (Å²) in [5.41, 5.74) is 6.96. The van der Waals surface area contributed by atoms with E-state index < -0.39 is 0 Å². The minimum atomic E-state index is 0.739. The quantitative estimate of drug-likeness (QED) is 0.725. The van der Waals surface area contributed by atoms with E-state index in [1.807, 2.05) is 0 Å². The number of thiazole rings is 1. The zero-order chi connectivity index (χ0) is 8.55. The smallest absolute Gasteiger partial charge is 0.180 e. The molecule has 1 heterocycles. The van der Waals surface area contributed by atoms with Crippen LogP contribution in [0.2, 0.25) is 0 Å². The third-order valence-electron chi connectivity index (χ3n) is 2.57. The van der Waals surface area contributed by atoms with Crippen molar-refractivity contribution >= 4 is 16.5 Å². The van der Waals surface area contributed by atoms with Crippen molar-refractivity contribution in [3.63, 3.8) is 0 Å². The standard InChI is InChI=1S/C9H14N2S/c1-2-6-4-3-5-7-8(6)12-9(10)11-7/h6H,2-5H2,1H3,(H2,10,11). The minimum Gasteiger partial charge on any atom is -0.375 e. The van der Waals surface area contributed by atoms with Gasteiger partial charge in [-0.15, -0.1) is 11.3 Å². The Morgan fingerprint density at radius 2 is 2.50 bits per heavy atom. The SMILES string of the molecule is CCC1CCCc2nc(N)sc21. The van der Waals surface area contributed by atoms with Gasteiger partial charge in [0.15, 0.2) is 5.13 Å². The molecule has 0 aliphatic heterocycles. The topological polar surface area (TPSA) is 38.9 Å². The molecule has 2 rings (SSSR count). The number of aryl methyl sites for hydroxylation is 1. The van der Waals surface area contributed by atoms with E-state index in [2.05, 4.69) is 11.9 Å². The molecule has 1 aromatic rings. The Bertz CT molecular complexity index is 280. The number of fused-ring (bicyclic) bond motifs is 1. The molecule has 0 bridgehead atoms. The highest BCUT2D eigenvalue weighted by atomic mass is 32.1. The third kappa shape index (κ3) is 1.22. The van der Waals surface area contributed by atoms with Gasteiger partial charge in [-0.3, -0.25) is 0 Å². The molecule has 1 atom stereocenters. The number of nitrogens with two attached hydrogens (primary N) is 1. The van der Waals surface area contributed by atoms with Gasteiger partial charge in [0.1, 0.15) is 0 Å². The van der Waals surface area contributed by atoms with Crippen molar-refractivity contribution in [3.8, 4) is 0 Å². The summed E-state index contributed by atoms with van der Waals surface area (Å²) < 4.78 is 0. The molecule has 0 fully saturated rings. The van der Waals surface area contributed by atoms with Crippen molar-refractivity contribution in [3.05, 3.63) is 10.6 Å². The van der Waals surface area contributed by atoms with Crippen LogP contribution >= 0.6 is 11.3 Å². The molecule has 1 aromatic heterocycles. The van der Waals surface area contributed by atoms with Gasteiger partial charge < -0.3 is 5.73 Å². The molecule has 0 saturated carbocycles. The Hall–Kier alpha value is -0.570. The van der Waals surface area contributed by atoms with Crippen LogP contribution in [0.1, 0.15) is 42.7 Å². The molecule has 3 heteroatoms. The van der Waals surface area contributed by atoms with E-state index in [0.29, 0.717) is 0 Å². The maximum atomic E-state index is 5.68. The monoisotopic (exact) mass is 182 g/mol. The third-order valence-corrected chi connectivity index (χ3v) is 3.66. The van der Waals surface area contributed by atoms with E-state index in [0.717, 1.165) is 17.5 Å². The van der Waals surface area contributed by atoms with Gasteiger partial charge in [0.2, 0.25) is 0 Å². The van der Waals surface area contributed by atoms with Crippen LogP contribution in [-0.2, 0) is 6.42 Å². The molecular formula is C9H14N2S. The number of aromatic nitrogens is 1. The van der Waals surface area contributed by atoms with E-state index in [1.54, 1.807) is 11.3 Å². The number of nitrogen functional groups attached to an aromatic ring is 1. The van der Waals surface area contributed by atoms with Gasteiger partial charge in [-0.2, -0.15) is 0 Å². The van der Waals surface area contributed by atoms with Crippen molar-refractivity contribution in [2.45, 2.75) is 38.5 Å². The van der Waals surface area contributed by atoms with Gasteiger partial charge in [-0.1, -0.05) is 6.92 Å². The molecule has 1 aliphatic carbocycles. The summed E-state index contributed by atoms with van der Waals surface area (Å²) in [7, 11) is 0. The Balaban J connectivity index is 2.36. The highest BCUT2D eigenvalue weighted by molar-refractivity contribution is 7.15. The molecule has 0 spiro atoms. The van der Waals surface area contributed by atoms with E-state index in [4.69, 9.17) is 5.73 Å². The molecule has 0 amide bonds. The zero-order valence-electron chi connectivity index (χ0n) is 7.34. The molecule has 12 heavy (non-hydrogen) atoms. The zero-order valence-corrected chi connectivity index (χ0v) is 8.16. The number of rotatable bonds is 1. The molecule has 0 radical (unpaired) electrons. The van der Waals surface area contributed by atoms with Crippen LogP contribution in [0, 0.1) is 0 Å². The second-order valence-electron chi connectivity index (χ2n) is 3.36. The summed E-state index contributed by atoms with van der Waals surface area (Å²) in [4.78, 5) is 5.81. The number of anilines is 1. The van der Waals surface area contributed by atoms with Gasteiger partial charge >= 0.3 is 0 Å². The lowest BCUT2D eigenvalue weighted by Crippen LogP contribution is -2.06. The second-order valence-corrected chi connectivity index (χ2v) is 4.42. The molecule has 2 nitrogen and oxygen atoms in total. The maximum absolute atomic E-state index is 5.68. The van der Waals surface area contributed by atoms with Crippen molar-refractivity contribution in [2.24, 2.45) is 0 Å². The Kier molecular flexibility index (Phi) is 2.05. The molecule has 0 saturated heterocycles. The van der Waals surface area contributed by atoms with Crippen LogP contribution in [0.15, 0.2) is 0 Å². The average Bonchev–Trinajstić information content (AvgIpc) is 2.44. The summed E-state index contributed by atoms with van der Waals surface area (Å²) in [5, 5.41) is 0.750. The van der Waals surface area contributed by atoms with Crippen LogP contribution in [0.5, 0.6) is 0 Å². The van der Waals surface area contributed by atoms with Gasteiger partial charge in [0.05, 0.1) is 5.69 Å². The Morgan fingerprint density at radius 1 is 1.67 bits per heavy atom. The van der Waals surface area contributed by atoms with E-state index >= 15 is 0 Å². The van der Waals surface area contributed by atoms with Crippen LogP contribution in [0.25, 0.3) is 0 Å². The predicted molar refractivity (Wildman–Crippen MR) is 52.5 cm³/mol. The van der Waals surface area contributed by atoms with Gasteiger partial charge in [-0.25, -0.2) is 4.98 Å². The van der Waals surface area contributed by atoms with Gasteiger partial charge in [-0.05, 0) is 31.6 Å². The number of hydrogen-bond donors (Lipinski definition) is 1. The summed E-state index contributed by atoms with van der Waals surface area (Å²) in [6.07, 6.45) is 4.98. The van der Waals surface area contributed by atoms with Crippen molar-refractivity contribution in [1.82, 2.24) is 4.98 Å². The first-order valence-corrected chi connectivity index (χ1v) is 5.38. The summed E-state index contributed by atoms with van der Waals surface area (Å²) >= 11 is 1.69. The molecule has 0 aromatic carbocycles. The lowest BCUT2D eigenvalue weighted by molar-refractivity contribution is 0.544. The van der Waals surface area contributed by atoms with Crippen LogP contribution < -0.4 is 5.73 Å². The molecular weight excluding hydrogens is 168 g/mol. The lowest BCUT2D eigenvalue weighted by atomic mass is 9.90. The first-order chi connectivity index (χ1) is 5.81. The Labute approximate surface area is 76.8 Å². The fraction of sp³-hybridized carbons (Fsp3) is 0.667. The maximum Gasteiger partial charge on any atom is 0.180 e. The summed E-state index contributed by atoms with van der Waals surface area (Å²) in [5.74, 6) is 0.739. The highest BCUT2D eigenvalue weighted by Crippen LogP contribution is 2.38. The van der Waals surface area contributed by atoms with Gasteiger partial charge in [0.25, 0.3) is 0 Å². The summed E-state index contributed by atoms with van der Waals surface area (Å²) in [6, 6.07) is 0. The minimum absolute atomic E-state index is 0.739. The molecule has 1 unspecified atom stereocenters. The fourth-order valence-corrected chi connectivity index (χ4v) is 3.01. The first-order valence-electron chi connectivity index (χ1n) is 4.56. The first kappa shape index (κ1) is 8.05. The fourth-order valence-electron chi connectivity index (χ4n) is 1.92. The molecule has 66 valence electrons. The lowest BCUT2D eigenvalue weighted by Gasteiger charge is -2.18. The van der Waals surface area contributed by atoms with Crippen molar-refractivity contribution in [2.75, 3.05) is 5.73 Å². The number of hydrogen-bond acceptors (Lipinski definition) is 3. The Morgan fingerprint density at radius 3 is 3.25 bits per heavy atom. The highest BCUT2D eigenvalue weighted by Gasteiger charge is 2.22. The van der Waals surface area contributed by atoms with E-state index in [9.17, 15) is 0 Å². The van der Waals surface area contributed by atoms with Crippen molar-refractivity contribution in [1.29, 1.82) is 0 Å². The number of nitrogens with zero attached hydrogens (tertiary/aromatic N) is 1. The van der Waals surface area contributed by atoms with Crippen LogP contribution in [0.4, 0.5) is 5.13 Å². The molecule has 2 N–H and O–H groups in total. The average molecular weight is 182 g/mol. The largest absolute Gasteiger partial charge is 0.375 e. The van der Waals surface area contributed by atoms with Crippen LogP contribution in [-0.4, -0.2) is 4.98 Å².